The van der Waals surface area contributed by atoms with Crippen LogP contribution in [-0.2, 0) is 0 Å². The molecule has 5 N–H and O–H groups in total. The van der Waals surface area contributed by atoms with Gasteiger partial charge in [0.1, 0.15) is 11.5 Å². The molecule has 0 unspecified atom stereocenters. The second-order valence-electron chi connectivity index (χ2n) is 3.78. The van der Waals surface area contributed by atoms with Crippen LogP contribution in [0.4, 0.5) is 0 Å². The molecule has 1 aromatic rings. The van der Waals surface area contributed by atoms with Crippen LogP contribution in [0.2, 0.25) is 0 Å². The maximum absolute atomic E-state index is 9.76. The van der Waals surface area contributed by atoms with Crippen molar-refractivity contribution >= 4 is 12.4 Å². The van der Waals surface area contributed by atoms with Gasteiger partial charge in [0.25, 0.3) is 0 Å². The summed E-state index contributed by atoms with van der Waals surface area (Å²) in [6.07, 6.45) is 2.70. The van der Waals surface area contributed by atoms with Crippen LogP contribution >= 0.6 is 12.4 Å². The van der Waals surface area contributed by atoms with E-state index in [1.807, 2.05) is 0 Å². The Morgan fingerprint density at radius 1 is 1.35 bits per heavy atom. The summed E-state index contributed by atoms with van der Waals surface area (Å²) in [6, 6.07) is 4.96. The second-order valence-corrected chi connectivity index (χ2v) is 3.78. The van der Waals surface area contributed by atoms with E-state index in [9.17, 15) is 5.11 Å². The van der Waals surface area contributed by atoms with Crippen LogP contribution in [0.15, 0.2) is 18.2 Å². The van der Waals surface area contributed by atoms with E-state index < -0.39 is 0 Å². The number of ether oxygens (including phenoxy) is 1. The predicted molar refractivity (Wildman–Crippen MR) is 71.7 cm³/mol. The molecule has 98 valence electrons. The number of phenolic OH excluding ortho intramolecular Hbond substituents is 1. The molecule has 0 aliphatic rings. The number of halogens is 1. The molecule has 5 heteroatoms. The van der Waals surface area contributed by atoms with Crippen LogP contribution < -0.4 is 16.2 Å². The van der Waals surface area contributed by atoms with E-state index in [1.165, 1.54) is 0 Å². The molecule has 0 aliphatic carbocycles. The smallest absolute Gasteiger partial charge is 0.127 e. The molecule has 0 aliphatic heterocycles. The van der Waals surface area contributed by atoms with Crippen molar-refractivity contribution in [3.63, 3.8) is 0 Å². The van der Waals surface area contributed by atoms with Crippen molar-refractivity contribution in [1.82, 2.24) is 0 Å². The van der Waals surface area contributed by atoms with E-state index in [0.717, 1.165) is 19.3 Å². The highest BCUT2D eigenvalue weighted by Crippen LogP contribution is 2.34. The number of methoxy groups -OCH3 is 1. The zero-order valence-corrected chi connectivity index (χ0v) is 10.9. The lowest BCUT2D eigenvalue weighted by Crippen LogP contribution is -2.12. The third kappa shape index (κ3) is 4.42. The Bertz CT molecular complexity index is 334. The van der Waals surface area contributed by atoms with Crippen molar-refractivity contribution in [3.05, 3.63) is 23.8 Å². The molecule has 1 rings (SSSR count). The number of aromatic hydroxyl groups is 1. The molecule has 0 saturated carbocycles. The van der Waals surface area contributed by atoms with E-state index >= 15 is 0 Å². The van der Waals surface area contributed by atoms with Gasteiger partial charge < -0.3 is 21.3 Å². The van der Waals surface area contributed by atoms with Crippen LogP contribution in [-0.4, -0.2) is 18.8 Å². The molecular formula is C12H21ClN2O2. The van der Waals surface area contributed by atoms with Gasteiger partial charge in [-0.25, -0.2) is 0 Å². The maximum Gasteiger partial charge on any atom is 0.127 e. The van der Waals surface area contributed by atoms with Crippen molar-refractivity contribution in [1.29, 1.82) is 0 Å². The van der Waals surface area contributed by atoms with Gasteiger partial charge in [0.2, 0.25) is 0 Å². The molecule has 0 bridgehead atoms. The minimum absolute atomic E-state index is 0. The zero-order valence-electron chi connectivity index (χ0n) is 10.1. The first kappa shape index (κ1) is 16.0. The minimum Gasteiger partial charge on any atom is -0.507 e. The monoisotopic (exact) mass is 260 g/mol. The Labute approximate surface area is 108 Å². The predicted octanol–water partition coefficient (Wildman–Crippen LogP) is 1.95. The van der Waals surface area contributed by atoms with Gasteiger partial charge in [-0.15, -0.1) is 12.4 Å². The van der Waals surface area contributed by atoms with Crippen molar-refractivity contribution in [2.45, 2.75) is 25.3 Å². The molecule has 0 radical (unpaired) electrons. The highest BCUT2D eigenvalue weighted by Gasteiger charge is 2.15. The Morgan fingerprint density at radius 2 is 2.06 bits per heavy atom. The van der Waals surface area contributed by atoms with Crippen LogP contribution in [0.1, 0.15) is 30.9 Å². The van der Waals surface area contributed by atoms with Gasteiger partial charge in [0.15, 0.2) is 0 Å². The van der Waals surface area contributed by atoms with Gasteiger partial charge in [-0.2, -0.15) is 0 Å². The first-order valence-electron chi connectivity index (χ1n) is 5.52. The van der Waals surface area contributed by atoms with E-state index in [4.69, 9.17) is 16.2 Å². The lowest BCUT2D eigenvalue weighted by molar-refractivity contribution is 0.390. The van der Waals surface area contributed by atoms with Gasteiger partial charge in [-0.3, -0.25) is 0 Å². The molecule has 4 nitrogen and oxygen atoms in total. The number of benzene rings is 1. The normalized spacial score (nSPS) is 11.7. The van der Waals surface area contributed by atoms with Crippen LogP contribution in [0.25, 0.3) is 0 Å². The molecule has 0 heterocycles. The van der Waals surface area contributed by atoms with Gasteiger partial charge in [0.05, 0.1) is 12.7 Å². The van der Waals surface area contributed by atoms with E-state index in [0.29, 0.717) is 17.9 Å². The van der Waals surface area contributed by atoms with E-state index in [-0.39, 0.29) is 24.2 Å². The Morgan fingerprint density at radius 3 is 2.65 bits per heavy atom. The maximum atomic E-state index is 9.76. The molecule has 0 saturated heterocycles. The van der Waals surface area contributed by atoms with Gasteiger partial charge in [0, 0.05) is 6.04 Å². The number of rotatable bonds is 6. The highest BCUT2D eigenvalue weighted by molar-refractivity contribution is 5.85. The van der Waals surface area contributed by atoms with Gasteiger partial charge in [-0.05, 0) is 31.5 Å². The minimum atomic E-state index is -0.206. The third-order valence-corrected chi connectivity index (χ3v) is 2.60. The van der Waals surface area contributed by atoms with Crippen molar-refractivity contribution in [2.75, 3.05) is 13.7 Å². The number of hydrogen-bond acceptors (Lipinski definition) is 4. The summed E-state index contributed by atoms with van der Waals surface area (Å²) in [5.41, 5.74) is 12.1. The summed E-state index contributed by atoms with van der Waals surface area (Å²) in [5.74, 6) is 0.833. The summed E-state index contributed by atoms with van der Waals surface area (Å²) in [5, 5.41) is 9.76. The van der Waals surface area contributed by atoms with Crippen LogP contribution in [0, 0.1) is 0 Å². The lowest BCUT2D eigenvalue weighted by atomic mass is 10.00. The quantitative estimate of drug-likeness (QED) is 0.683. The number of nitrogens with two attached hydrogens (primary N) is 2. The molecular weight excluding hydrogens is 240 g/mol. The SMILES string of the molecule is COc1cccc(O)c1[C@@H](N)CCCCN.Cl. The summed E-state index contributed by atoms with van der Waals surface area (Å²) in [7, 11) is 1.57. The summed E-state index contributed by atoms with van der Waals surface area (Å²) >= 11 is 0. The first-order chi connectivity index (χ1) is 7.70. The largest absolute Gasteiger partial charge is 0.507 e. The van der Waals surface area contributed by atoms with Gasteiger partial charge in [-0.1, -0.05) is 12.5 Å². The molecule has 0 spiro atoms. The molecule has 0 amide bonds. The second kappa shape index (κ2) is 8.17. The lowest BCUT2D eigenvalue weighted by Gasteiger charge is -2.16. The fourth-order valence-electron chi connectivity index (χ4n) is 1.74. The number of unbranched alkanes of at least 4 members (excludes halogenated alkanes) is 1. The van der Waals surface area contributed by atoms with Crippen LogP contribution in [0.3, 0.4) is 0 Å². The van der Waals surface area contributed by atoms with E-state index in [1.54, 1.807) is 25.3 Å². The Balaban J connectivity index is 0.00000256. The first-order valence-corrected chi connectivity index (χ1v) is 5.52. The average Bonchev–Trinajstić information content (AvgIpc) is 2.28. The molecule has 1 atom stereocenters. The standard InChI is InChI=1S/C12H20N2O2.ClH/c1-16-11-7-4-6-10(15)12(11)9(14)5-2-3-8-13;/h4,6-7,9,15H,2-3,5,8,13-14H2,1H3;1H/t9-;/m0./s1. The Kier molecular flexibility index (Phi) is 7.70. The fraction of sp³-hybridized carbons (Fsp3) is 0.500. The third-order valence-electron chi connectivity index (χ3n) is 2.60. The van der Waals surface area contributed by atoms with Crippen molar-refractivity contribution in [2.24, 2.45) is 11.5 Å². The topological polar surface area (TPSA) is 81.5 Å². The molecule has 1 aromatic carbocycles. The molecule has 17 heavy (non-hydrogen) atoms. The van der Waals surface area contributed by atoms with Crippen LogP contribution in [0.5, 0.6) is 11.5 Å². The highest BCUT2D eigenvalue weighted by atomic mass is 35.5. The fourth-order valence-corrected chi connectivity index (χ4v) is 1.74. The van der Waals surface area contributed by atoms with E-state index in [2.05, 4.69) is 0 Å². The molecule has 0 aromatic heterocycles. The zero-order chi connectivity index (χ0) is 12.0. The van der Waals surface area contributed by atoms with Gasteiger partial charge >= 0.3 is 0 Å². The summed E-state index contributed by atoms with van der Waals surface area (Å²) < 4.78 is 5.19. The average molecular weight is 261 g/mol. The number of hydrogen-bond donors (Lipinski definition) is 3. The summed E-state index contributed by atoms with van der Waals surface area (Å²) in [6.45, 7) is 0.671. The van der Waals surface area contributed by atoms with Crippen molar-refractivity contribution < 1.29 is 9.84 Å². The molecule has 0 fully saturated rings. The summed E-state index contributed by atoms with van der Waals surface area (Å²) in [4.78, 5) is 0. The Hall–Kier alpha value is -0.970. The number of phenols is 1. The van der Waals surface area contributed by atoms with Crippen molar-refractivity contribution in [3.8, 4) is 11.5 Å².